The zero-order valence-corrected chi connectivity index (χ0v) is 13.4. The van der Waals surface area contributed by atoms with Crippen LogP contribution in [0.2, 0.25) is 0 Å². The van der Waals surface area contributed by atoms with E-state index in [2.05, 4.69) is 16.7 Å². The standard InChI is InChI=1S/C15H25N3O2S/c1-18-9-6-13(7-10-18)5-8-17-21(19,20)15-4-2-3-14(11-15)12-16/h2-4,11,13,17H,5-10,12,16H2,1H3. The first-order chi connectivity index (χ1) is 10.0. The van der Waals surface area contributed by atoms with Gasteiger partial charge in [-0.2, -0.15) is 0 Å². The highest BCUT2D eigenvalue weighted by atomic mass is 32.2. The second-order valence-electron chi connectivity index (χ2n) is 5.78. The molecule has 5 nitrogen and oxygen atoms in total. The van der Waals surface area contributed by atoms with Gasteiger partial charge in [0, 0.05) is 13.1 Å². The third-order valence-electron chi connectivity index (χ3n) is 4.13. The molecule has 0 atom stereocenters. The van der Waals surface area contributed by atoms with Crippen molar-refractivity contribution >= 4 is 10.0 Å². The molecule has 1 aromatic carbocycles. The molecule has 0 aromatic heterocycles. The van der Waals surface area contributed by atoms with E-state index in [1.54, 1.807) is 18.2 Å². The molecule has 21 heavy (non-hydrogen) atoms. The van der Waals surface area contributed by atoms with Crippen LogP contribution in [0.5, 0.6) is 0 Å². The predicted octanol–water partition coefficient (Wildman–Crippen LogP) is 1.16. The third kappa shape index (κ3) is 4.78. The van der Waals surface area contributed by atoms with Gasteiger partial charge in [0.1, 0.15) is 0 Å². The van der Waals surface area contributed by atoms with Crippen molar-refractivity contribution in [3.63, 3.8) is 0 Å². The Balaban J connectivity index is 1.86. The molecule has 1 saturated heterocycles. The summed E-state index contributed by atoms with van der Waals surface area (Å²) in [5, 5.41) is 0. The van der Waals surface area contributed by atoms with E-state index in [0.717, 1.165) is 37.9 Å². The van der Waals surface area contributed by atoms with Crippen molar-refractivity contribution in [1.82, 2.24) is 9.62 Å². The Morgan fingerprint density at radius 1 is 1.33 bits per heavy atom. The fourth-order valence-electron chi connectivity index (χ4n) is 2.67. The van der Waals surface area contributed by atoms with Gasteiger partial charge < -0.3 is 10.6 Å². The summed E-state index contributed by atoms with van der Waals surface area (Å²) in [4.78, 5) is 2.62. The van der Waals surface area contributed by atoms with Crippen LogP contribution in [-0.4, -0.2) is 40.0 Å². The number of likely N-dealkylation sites (tertiary alicyclic amines) is 1. The predicted molar refractivity (Wildman–Crippen MR) is 84.4 cm³/mol. The maximum absolute atomic E-state index is 12.2. The summed E-state index contributed by atoms with van der Waals surface area (Å²) in [5.41, 5.74) is 6.38. The normalized spacial score (nSPS) is 18.0. The maximum atomic E-state index is 12.2. The Morgan fingerprint density at radius 3 is 2.71 bits per heavy atom. The van der Waals surface area contributed by atoms with Crippen molar-refractivity contribution in [1.29, 1.82) is 0 Å². The largest absolute Gasteiger partial charge is 0.326 e. The van der Waals surface area contributed by atoms with E-state index in [1.165, 1.54) is 0 Å². The fourth-order valence-corrected chi connectivity index (χ4v) is 3.79. The summed E-state index contributed by atoms with van der Waals surface area (Å²) < 4.78 is 27.2. The minimum absolute atomic E-state index is 0.300. The van der Waals surface area contributed by atoms with Gasteiger partial charge in [0.2, 0.25) is 10.0 Å². The van der Waals surface area contributed by atoms with E-state index in [0.29, 0.717) is 23.9 Å². The molecule has 2 rings (SSSR count). The van der Waals surface area contributed by atoms with E-state index in [-0.39, 0.29) is 0 Å². The van der Waals surface area contributed by atoms with E-state index < -0.39 is 10.0 Å². The molecule has 1 aliphatic rings. The lowest BCUT2D eigenvalue weighted by molar-refractivity contribution is 0.213. The quantitative estimate of drug-likeness (QED) is 0.826. The number of sulfonamides is 1. The molecule has 0 spiro atoms. The lowest BCUT2D eigenvalue weighted by Crippen LogP contribution is -2.32. The number of nitrogens with zero attached hydrogens (tertiary/aromatic N) is 1. The summed E-state index contributed by atoms with van der Waals surface area (Å²) in [6.45, 7) is 3.06. The number of nitrogens with one attached hydrogen (secondary N) is 1. The summed E-state index contributed by atoms with van der Waals surface area (Å²) in [6.07, 6.45) is 3.21. The Hall–Kier alpha value is -0.950. The van der Waals surface area contributed by atoms with Crippen LogP contribution >= 0.6 is 0 Å². The molecule has 0 saturated carbocycles. The number of hydrogen-bond donors (Lipinski definition) is 2. The molecule has 0 bridgehead atoms. The lowest BCUT2D eigenvalue weighted by atomic mass is 9.94. The number of rotatable bonds is 6. The Bertz CT molecular complexity index is 552. The second kappa shape index (κ2) is 7.35. The van der Waals surface area contributed by atoms with E-state index >= 15 is 0 Å². The van der Waals surface area contributed by atoms with Gasteiger partial charge in [-0.3, -0.25) is 0 Å². The maximum Gasteiger partial charge on any atom is 0.240 e. The zero-order chi connectivity index (χ0) is 15.3. The first-order valence-electron chi connectivity index (χ1n) is 7.48. The Morgan fingerprint density at radius 2 is 2.05 bits per heavy atom. The van der Waals surface area contributed by atoms with Crippen molar-refractivity contribution in [3.8, 4) is 0 Å². The zero-order valence-electron chi connectivity index (χ0n) is 12.6. The number of piperidine rings is 1. The fraction of sp³-hybridized carbons (Fsp3) is 0.600. The van der Waals surface area contributed by atoms with Crippen molar-refractivity contribution in [2.45, 2.75) is 30.7 Å². The summed E-state index contributed by atoms with van der Waals surface area (Å²) in [6, 6.07) is 6.81. The molecule has 1 fully saturated rings. The van der Waals surface area contributed by atoms with Crippen LogP contribution in [0.25, 0.3) is 0 Å². The Labute approximate surface area is 127 Å². The average Bonchev–Trinajstić information content (AvgIpc) is 2.49. The molecule has 0 aliphatic carbocycles. The van der Waals surface area contributed by atoms with Crippen LogP contribution < -0.4 is 10.5 Å². The molecule has 3 N–H and O–H groups in total. The van der Waals surface area contributed by atoms with Gasteiger partial charge in [-0.05, 0) is 63.0 Å². The number of nitrogens with two attached hydrogens (primary N) is 1. The molecule has 118 valence electrons. The highest BCUT2D eigenvalue weighted by molar-refractivity contribution is 7.89. The first-order valence-corrected chi connectivity index (χ1v) is 8.97. The van der Waals surface area contributed by atoms with Crippen LogP contribution in [0.3, 0.4) is 0 Å². The Kier molecular flexibility index (Phi) is 5.75. The van der Waals surface area contributed by atoms with Gasteiger partial charge in [0.25, 0.3) is 0 Å². The summed E-state index contributed by atoms with van der Waals surface area (Å²) >= 11 is 0. The van der Waals surface area contributed by atoms with Crippen LogP contribution in [0.1, 0.15) is 24.8 Å². The van der Waals surface area contributed by atoms with E-state index in [9.17, 15) is 8.42 Å². The van der Waals surface area contributed by atoms with Gasteiger partial charge in [-0.1, -0.05) is 12.1 Å². The topological polar surface area (TPSA) is 75.4 Å². The second-order valence-corrected chi connectivity index (χ2v) is 7.55. The number of hydrogen-bond acceptors (Lipinski definition) is 4. The van der Waals surface area contributed by atoms with Crippen molar-refractivity contribution in [2.24, 2.45) is 11.7 Å². The van der Waals surface area contributed by atoms with Crippen molar-refractivity contribution in [3.05, 3.63) is 29.8 Å². The molecule has 6 heteroatoms. The lowest BCUT2D eigenvalue weighted by Gasteiger charge is -2.28. The molecule has 1 aliphatic heterocycles. The van der Waals surface area contributed by atoms with Crippen LogP contribution in [0, 0.1) is 5.92 Å². The highest BCUT2D eigenvalue weighted by Crippen LogP contribution is 2.19. The molecule has 1 aromatic rings. The number of benzene rings is 1. The molecular weight excluding hydrogens is 286 g/mol. The van der Waals surface area contributed by atoms with Gasteiger partial charge in [-0.15, -0.1) is 0 Å². The average molecular weight is 311 g/mol. The van der Waals surface area contributed by atoms with Gasteiger partial charge in [0.05, 0.1) is 4.90 Å². The van der Waals surface area contributed by atoms with Crippen LogP contribution in [0.4, 0.5) is 0 Å². The van der Waals surface area contributed by atoms with E-state index in [4.69, 9.17) is 5.73 Å². The molecule has 0 radical (unpaired) electrons. The van der Waals surface area contributed by atoms with Crippen LogP contribution in [0.15, 0.2) is 29.2 Å². The van der Waals surface area contributed by atoms with Gasteiger partial charge in [-0.25, -0.2) is 13.1 Å². The highest BCUT2D eigenvalue weighted by Gasteiger charge is 2.18. The molecule has 0 amide bonds. The minimum Gasteiger partial charge on any atom is -0.326 e. The molecule has 0 unspecified atom stereocenters. The summed E-state index contributed by atoms with van der Waals surface area (Å²) in [7, 11) is -1.29. The van der Waals surface area contributed by atoms with Gasteiger partial charge >= 0.3 is 0 Å². The SMILES string of the molecule is CN1CCC(CCNS(=O)(=O)c2cccc(CN)c2)CC1. The monoisotopic (exact) mass is 311 g/mol. The van der Waals surface area contributed by atoms with Gasteiger partial charge in [0.15, 0.2) is 0 Å². The minimum atomic E-state index is -3.42. The van der Waals surface area contributed by atoms with Crippen LogP contribution in [-0.2, 0) is 16.6 Å². The molecule has 1 heterocycles. The molecular formula is C15H25N3O2S. The van der Waals surface area contributed by atoms with Crippen molar-refractivity contribution in [2.75, 3.05) is 26.7 Å². The third-order valence-corrected chi connectivity index (χ3v) is 5.59. The van der Waals surface area contributed by atoms with Crippen molar-refractivity contribution < 1.29 is 8.42 Å². The summed E-state index contributed by atoms with van der Waals surface area (Å²) in [5.74, 6) is 0.624. The smallest absolute Gasteiger partial charge is 0.240 e. The first kappa shape index (κ1) is 16.4. The van der Waals surface area contributed by atoms with E-state index in [1.807, 2.05) is 6.07 Å².